The van der Waals surface area contributed by atoms with Gasteiger partial charge < -0.3 is 19.7 Å². The van der Waals surface area contributed by atoms with Crippen molar-refractivity contribution in [3.05, 3.63) is 52.2 Å². The molecular weight excluding hydrogens is 413 g/mol. The summed E-state index contributed by atoms with van der Waals surface area (Å²) in [5.41, 5.74) is 2.55. The summed E-state index contributed by atoms with van der Waals surface area (Å²) in [6.45, 7) is 4.32. The highest BCUT2D eigenvalue weighted by molar-refractivity contribution is 5.95. The number of amides is 1. The molecule has 1 aliphatic heterocycles. The fourth-order valence-corrected chi connectivity index (χ4v) is 3.96. The zero-order valence-corrected chi connectivity index (χ0v) is 18.1. The maximum atomic E-state index is 15.0. The summed E-state index contributed by atoms with van der Waals surface area (Å²) in [5.74, 6) is 0.481. The molecule has 1 N–H and O–H groups in total. The van der Waals surface area contributed by atoms with Gasteiger partial charge in [-0.1, -0.05) is 6.08 Å². The average Bonchev–Trinajstić information content (AvgIpc) is 3.23. The fourth-order valence-electron chi connectivity index (χ4n) is 3.96. The van der Waals surface area contributed by atoms with Gasteiger partial charge in [0.05, 0.1) is 48.8 Å². The summed E-state index contributed by atoms with van der Waals surface area (Å²) in [4.78, 5) is 23.5. The second-order valence-electron chi connectivity index (χ2n) is 7.50. The molecule has 1 aromatic carbocycles. The second kappa shape index (κ2) is 9.32. The van der Waals surface area contributed by atoms with Gasteiger partial charge >= 0.3 is 0 Å². The second-order valence-corrected chi connectivity index (χ2v) is 7.50. The number of hydrogen-bond acceptors (Lipinski definition) is 7. The maximum absolute atomic E-state index is 15.0. The number of benzene rings is 1. The van der Waals surface area contributed by atoms with Crippen LogP contribution in [-0.4, -0.2) is 60.7 Å². The van der Waals surface area contributed by atoms with Gasteiger partial charge in [-0.25, -0.2) is 14.4 Å². The summed E-state index contributed by atoms with van der Waals surface area (Å²) in [7, 11) is 1.48. The number of rotatable bonds is 6. The van der Waals surface area contributed by atoms with E-state index in [1.54, 1.807) is 4.90 Å². The summed E-state index contributed by atoms with van der Waals surface area (Å²) in [5, 5.41) is 12.6. The number of carbonyl (C=O) groups excluding carboxylic acids is 1. The summed E-state index contributed by atoms with van der Waals surface area (Å²) >= 11 is 0. The number of nitrogens with zero attached hydrogens (tertiary/aromatic N) is 4. The standard InChI is InChI=1S/C23H24FN5O3/c1-3-26-22-21-14(13-25)4-5-18(21)27-20(28-22)11-15-10-17(24)16(12-19(15)31-2)23(30)29-6-8-32-9-7-29/h4,10,12H,3,5-9,11H2,1-2H3,(H,26,27,28). The molecule has 1 saturated heterocycles. The van der Waals surface area contributed by atoms with Crippen LogP contribution in [0.5, 0.6) is 5.75 Å². The molecule has 8 nitrogen and oxygen atoms in total. The minimum atomic E-state index is -0.612. The molecule has 9 heteroatoms. The van der Waals surface area contributed by atoms with Crippen LogP contribution in [0.1, 0.15) is 39.9 Å². The molecule has 32 heavy (non-hydrogen) atoms. The van der Waals surface area contributed by atoms with E-state index >= 15 is 0 Å². The van der Waals surface area contributed by atoms with Crippen molar-refractivity contribution in [2.45, 2.75) is 19.8 Å². The molecule has 4 rings (SSSR count). The SMILES string of the molecule is CCNc1nc(Cc2cc(F)c(C(=O)N3CCOCC3)cc2OC)nc2c1C(C#N)=CC2. The van der Waals surface area contributed by atoms with Crippen molar-refractivity contribution in [2.75, 3.05) is 45.3 Å². The van der Waals surface area contributed by atoms with E-state index in [0.717, 1.165) is 11.3 Å². The van der Waals surface area contributed by atoms with E-state index in [1.807, 2.05) is 13.0 Å². The van der Waals surface area contributed by atoms with E-state index in [0.29, 0.717) is 67.8 Å². The monoisotopic (exact) mass is 437 g/mol. The number of anilines is 1. The van der Waals surface area contributed by atoms with E-state index in [2.05, 4.69) is 21.4 Å². The Labute approximate surface area is 185 Å². The number of morpholine rings is 1. The molecule has 0 atom stereocenters. The Morgan fingerprint density at radius 1 is 1.34 bits per heavy atom. The third-order valence-electron chi connectivity index (χ3n) is 5.51. The van der Waals surface area contributed by atoms with Crippen LogP contribution in [0.3, 0.4) is 0 Å². The van der Waals surface area contributed by atoms with E-state index in [-0.39, 0.29) is 17.9 Å². The van der Waals surface area contributed by atoms with Crippen molar-refractivity contribution in [2.24, 2.45) is 0 Å². The molecule has 0 spiro atoms. The Bertz CT molecular complexity index is 1120. The number of carbonyl (C=O) groups is 1. The van der Waals surface area contributed by atoms with Gasteiger partial charge in [0, 0.05) is 38.0 Å². The van der Waals surface area contributed by atoms with Crippen LogP contribution < -0.4 is 10.1 Å². The number of methoxy groups -OCH3 is 1. The number of aromatic nitrogens is 2. The first-order valence-corrected chi connectivity index (χ1v) is 10.5. The van der Waals surface area contributed by atoms with Crippen LogP contribution >= 0.6 is 0 Å². The van der Waals surface area contributed by atoms with Crippen LogP contribution in [0.15, 0.2) is 18.2 Å². The summed E-state index contributed by atoms with van der Waals surface area (Å²) < 4.78 is 25.7. The number of nitriles is 1. The van der Waals surface area contributed by atoms with Crippen molar-refractivity contribution in [1.29, 1.82) is 5.26 Å². The zero-order chi connectivity index (χ0) is 22.7. The molecule has 2 aliphatic rings. The number of halogens is 1. The molecule has 2 aromatic rings. The van der Waals surface area contributed by atoms with Crippen molar-refractivity contribution in [1.82, 2.24) is 14.9 Å². The highest BCUT2D eigenvalue weighted by atomic mass is 19.1. The minimum absolute atomic E-state index is 0.0291. The Morgan fingerprint density at radius 3 is 2.81 bits per heavy atom. The normalized spacial score (nSPS) is 15.1. The number of hydrogen-bond donors (Lipinski definition) is 1. The van der Waals surface area contributed by atoms with Crippen LogP contribution in [0.2, 0.25) is 0 Å². The van der Waals surface area contributed by atoms with Gasteiger partial charge in [-0.15, -0.1) is 0 Å². The number of ether oxygens (including phenoxy) is 2. The van der Waals surface area contributed by atoms with E-state index < -0.39 is 5.82 Å². The highest BCUT2D eigenvalue weighted by Crippen LogP contribution is 2.32. The summed E-state index contributed by atoms with van der Waals surface area (Å²) in [6.07, 6.45) is 2.60. The first-order chi connectivity index (χ1) is 15.5. The maximum Gasteiger partial charge on any atom is 0.257 e. The van der Waals surface area contributed by atoms with Gasteiger partial charge in [0.2, 0.25) is 0 Å². The topological polar surface area (TPSA) is 100 Å². The van der Waals surface area contributed by atoms with Crippen LogP contribution in [0.4, 0.5) is 10.2 Å². The highest BCUT2D eigenvalue weighted by Gasteiger charge is 2.25. The summed E-state index contributed by atoms with van der Waals surface area (Å²) in [6, 6.07) is 4.94. The van der Waals surface area contributed by atoms with Crippen molar-refractivity contribution in [3.8, 4) is 11.8 Å². The molecule has 1 aliphatic carbocycles. The number of allylic oxidation sites excluding steroid dienone is 2. The van der Waals surface area contributed by atoms with Crippen molar-refractivity contribution < 1.29 is 18.7 Å². The third kappa shape index (κ3) is 4.14. The van der Waals surface area contributed by atoms with Crippen molar-refractivity contribution in [3.63, 3.8) is 0 Å². The van der Waals surface area contributed by atoms with Crippen LogP contribution in [0.25, 0.3) is 5.57 Å². The molecule has 0 bridgehead atoms. The molecule has 1 fully saturated rings. The fraction of sp³-hybridized carbons (Fsp3) is 0.391. The quantitative estimate of drug-likeness (QED) is 0.741. The predicted octanol–water partition coefficient (Wildman–Crippen LogP) is 2.58. The van der Waals surface area contributed by atoms with Crippen molar-refractivity contribution >= 4 is 17.3 Å². The van der Waals surface area contributed by atoms with Gasteiger partial charge in [0.1, 0.15) is 23.2 Å². The lowest BCUT2D eigenvalue weighted by Crippen LogP contribution is -2.41. The van der Waals surface area contributed by atoms with Gasteiger partial charge in [-0.3, -0.25) is 4.79 Å². The lowest BCUT2D eigenvalue weighted by Gasteiger charge is -2.27. The molecule has 2 heterocycles. The van der Waals surface area contributed by atoms with Gasteiger partial charge in [-0.05, 0) is 19.1 Å². The van der Waals surface area contributed by atoms with Gasteiger partial charge in [0.15, 0.2) is 0 Å². The Morgan fingerprint density at radius 2 is 2.12 bits per heavy atom. The van der Waals surface area contributed by atoms with E-state index in [4.69, 9.17) is 9.47 Å². The minimum Gasteiger partial charge on any atom is -0.496 e. The first kappa shape index (κ1) is 21.7. The van der Waals surface area contributed by atoms with E-state index in [1.165, 1.54) is 19.2 Å². The first-order valence-electron chi connectivity index (χ1n) is 10.5. The largest absolute Gasteiger partial charge is 0.496 e. The van der Waals surface area contributed by atoms with Crippen LogP contribution in [-0.2, 0) is 17.6 Å². The molecular formula is C23H24FN5O3. The lowest BCUT2D eigenvalue weighted by atomic mass is 10.0. The molecule has 0 unspecified atom stereocenters. The van der Waals surface area contributed by atoms with Gasteiger partial charge in [-0.2, -0.15) is 5.26 Å². The molecule has 0 saturated carbocycles. The molecule has 166 valence electrons. The Hall–Kier alpha value is -3.51. The molecule has 0 radical (unpaired) electrons. The lowest BCUT2D eigenvalue weighted by molar-refractivity contribution is 0.0299. The van der Waals surface area contributed by atoms with Gasteiger partial charge in [0.25, 0.3) is 5.91 Å². The zero-order valence-electron chi connectivity index (χ0n) is 18.1. The molecule has 1 aromatic heterocycles. The Balaban J connectivity index is 1.65. The number of nitrogens with one attached hydrogen (secondary N) is 1. The molecule has 1 amide bonds. The van der Waals surface area contributed by atoms with E-state index in [9.17, 15) is 14.4 Å². The Kier molecular flexibility index (Phi) is 6.32. The smallest absolute Gasteiger partial charge is 0.257 e. The predicted molar refractivity (Wildman–Crippen MR) is 116 cm³/mol. The third-order valence-corrected chi connectivity index (χ3v) is 5.51. The van der Waals surface area contributed by atoms with Crippen LogP contribution in [0, 0.1) is 17.1 Å². The number of fused-ring (bicyclic) bond motifs is 1. The average molecular weight is 437 g/mol.